The summed E-state index contributed by atoms with van der Waals surface area (Å²) in [4.78, 5) is 0. The van der Waals surface area contributed by atoms with Crippen LogP contribution in [0.2, 0.25) is 0 Å². The number of rotatable bonds is 6. The molecule has 0 saturated carbocycles. The molecule has 0 spiro atoms. The fraction of sp³-hybridized carbons (Fsp3) is 0.0857. The van der Waals surface area contributed by atoms with Gasteiger partial charge in [0.2, 0.25) is 6.79 Å². The van der Waals surface area contributed by atoms with Crippen molar-refractivity contribution in [2.75, 3.05) is 6.79 Å². The number of ether oxygens (including phenoxy) is 4. The summed E-state index contributed by atoms with van der Waals surface area (Å²) in [6.45, 7) is 1.06. The molecule has 1 aliphatic rings. The molecule has 7 rings (SSSR count). The number of hydrogen-bond acceptors (Lipinski definition) is 4. The minimum atomic E-state index is 0.124. The maximum atomic E-state index is 6.29. The van der Waals surface area contributed by atoms with Crippen molar-refractivity contribution < 1.29 is 18.9 Å². The van der Waals surface area contributed by atoms with Gasteiger partial charge in [0.25, 0.3) is 0 Å². The van der Waals surface area contributed by atoms with E-state index in [-0.39, 0.29) is 6.79 Å². The van der Waals surface area contributed by atoms with Gasteiger partial charge in [-0.1, -0.05) is 72.8 Å². The third kappa shape index (κ3) is 5.14. The molecule has 202 valence electrons. The SMILES string of the molecule is Brc1cc2ccc3c(c2cc1OCc1ccccc1)-c1c(ccc2cc(Br)c(OCc4ccccc4)cc12)OCO3. The van der Waals surface area contributed by atoms with Gasteiger partial charge in [-0.25, -0.2) is 0 Å². The lowest BCUT2D eigenvalue weighted by atomic mass is 9.92. The van der Waals surface area contributed by atoms with E-state index in [0.29, 0.717) is 13.2 Å². The summed E-state index contributed by atoms with van der Waals surface area (Å²) in [6.07, 6.45) is 0. The van der Waals surface area contributed by atoms with Gasteiger partial charge < -0.3 is 18.9 Å². The lowest BCUT2D eigenvalue weighted by molar-refractivity contribution is 0.125. The van der Waals surface area contributed by atoms with Crippen LogP contribution >= 0.6 is 31.9 Å². The highest BCUT2D eigenvalue weighted by Crippen LogP contribution is 2.49. The van der Waals surface area contributed by atoms with Crippen molar-refractivity contribution in [3.63, 3.8) is 0 Å². The predicted octanol–water partition coefficient (Wildman–Crippen LogP) is 10.1. The molecule has 6 aromatic carbocycles. The van der Waals surface area contributed by atoms with E-state index < -0.39 is 0 Å². The monoisotopic (exact) mass is 666 g/mol. The van der Waals surface area contributed by atoms with E-state index in [1.165, 1.54) is 0 Å². The van der Waals surface area contributed by atoms with Crippen molar-refractivity contribution >= 4 is 53.4 Å². The van der Waals surface area contributed by atoms with Gasteiger partial charge in [0.15, 0.2) is 0 Å². The van der Waals surface area contributed by atoms with Gasteiger partial charge in [-0.05, 0) is 101 Å². The van der Waals surface area contributed by atoms with Gasteiger partial charge in [-0.2, -0.15) is 0 Å². The molecule has 0 aromatic heterocycles. The van der Waals surface area contributed by atoms with Crippen LogP contribution in [0.1, 0.15) is 11.1 Å². The Bertz CT molecular complexity index is 1750. The van der Waals surface area contributed by atoms with E-state index in [1.54, 1.807) is 0 Å². The highest BCUT2D eigenvalue weighted by atomic mass is 79.9. The maximum absolute atomic E-state index is 6.29. The van der Waals surface area contributed by atoms with Crippen molar-refractivity contribution in [2.24, 2.45) is 0 Å². The van der Waals surface area contributed by atoms with Gasteiger partial charge in [0.1, 0.15) is 36.2 Å². The average molecular weight is 668 g/mol. The molecule has 6 heteroatoms. The molecule has 0 radical (unpaired) electrons. The van der Waals surface area contributed by atoms with Crippen LogP contribution in [0.4, 0.5) is 0 Å². The largest absolute Gasteiger partial charge is 0.488 e. The molecule has 0 amide bonds. The third-order valence-electron chi connectivity index (χ3n) is 7.22. The standard InChI is InChI=1S/C35H24Br2O4/c36-28-15-24-11-13-30-34(26(24)17-32(28)38-19-22-7-3-1-4-8-22)35-27-18-33(39-20-23-9-5-2-6-10-23)29(37)16-25(27)12-14-31(35)41-21-40-30/h1-18H,19-21H2. The second-order valence-electron chi connectivity index (χ2n) is 9.84. The molecule has 4 nitrogen and oxygen atoms in total. The van der Waals surface area contributed by atoms with Gasteiger partial charge in [-0.15, -0.1) is 0 Å². The zero-order valence-electron chi connectivity index (χ0n) is 21.9. The molecular weight excluding hydrogens is 644 g/mol. The van der Waals surface area contributed by atoms with Gasteiger partial charge in [0, 0.05) is 11.1 Å². The van der Waals surface area contributed by atoms with Crippen LogP contribution in [0.25, 0.3) is 32.7 Å². The van der Waals surface area contributed by atoms with E-state index in [0.717, 1.165) is 75.7 Å². The number of hydrogen-bond donors (Lipinski definition) is 0. The zero-order valence-corrected chi connectivity index (χ0v) is 25.1. The topological polar surface area (TPSA) is 36.9 Å². The number of halogens is 2. The summed E-state index contributed by atoms with van der Waals surface area (Å²) in [5.41, 5.74) is 4.14. The Morgan fingerprint density at radius 1 is 0.537 bits per heavy atom. The lowest BCUT2D eigenvalue weighted by Gasteiger charge is -2.17. The van der Waals surface area contributed by atoms with Crippen molar-refractivity contribution in [1.82, 2.24) is 0 Å². The van der Waals surface area contributed by atoms with E-state index in [1.807, 2.05) is 48.5 Å². The molecular formula is C35H24Br2O4. The van der Waals surface area contributed by atoms with Crippen LogP contribution in [0.5, 0.6) is 23.0 Å². The second kappa shape index (κ2) is 11.1. The normalized spacial score (nSPS) is 12.1. The van der Waals surface area contributed by atoms with Gasteiger partial charge >= 0.3 is 0 Å². The highest BCUT2D eigenvalue weighted by molar-refractivity contribution is 9.11. The quantitative estimate of drug-likeness (QED) is 0.177. The van der Waals surface area contributed by atoms with Crippen LogP contribution < -0.4 is 18.9 Å². The first-order valence-corrected chi connectivity index (χ1v) is 14.8. The van der Waals surface area contributed by atoms with Crippen LogP contribution in [-0.4, -0.2) is 6.79 Å². The molecule has 0 bridgehead atoms. The van der Waals surface area contributed by atoms with E-state index in [4.69, 9.17) is 18.9 Å². The van der Waals surface area contributed by atoms with Crippen LogP contribution in [-0.2, 0) is 13.2 Å². The molecule has 1 aliphatic heterocycles. The molecule has 6 aromatic rings. The summed E-state index contributed by atoms with van der Waals surface area (Å²) in [6, 6.07) is 36.8. The summed E-state index contributed by atoms with van der Waals surface area (Å²) >= 11 is 7.45. The summed E-state index contributed by atoms with van der Waals surface area (Å²) in [7, 11) is 0. The second-order valence-corrected chi connectivity index (χ2v) is 11.5. The Labute approximate surface area is 254 Å². The molecule has 41 heavy (non-hydrogen) atoms. The fourth-order valence-electron chi connectivity index (χ4n) is 5.21. The van der Waals surface area contributed by atoms with Crippen molar-refractivity contribution in [2.45, 2.75) is 13.2 Å². The molecule has 0 saturated heterocycles. The summed E-state index contributed by atoms with van der Waals surface area (Å²) < 4.78 is 26.6. The maximum Gasteiger partial charge on any atom is 0.230 e. The predicted molar refractivity (Wildman–Crippen MR) is 170 cm³/mol. The molecule has 0 aliphatic carbocycles. The summed E-state index contributed by atoms with van der Waals surface area (Å²) in [5.74, 6) is 3.04. The molecule has 0 unspecified atom stereocenters. The van der Waals surface area contributed by atoms with Crippen molar-refractivity contribution in [1.29, 1.82) is 0 Å². The minimum Gasteiger partial charge on any atom is -0.488 e. The third-order valence-corrected chi connectivity index (χ3v) is 8.46. The number of benzene rings is 6. The highest BCUT2D eigenvalue weighted by Gasteiger charge is 2.24. The summed E-state index contributed by atoms with van der Waals surface area (Å²) in [5, 5.41) is 4.16. The average Bonchev–Trinajstić information content (AvgIpc) is 3.20. The fourth-order valence-corrected chi connectivity index (χ4v) is 6.17. The lowest BCUT2D eigenvalue weighted by Crippen LogP contribution is -2.03. The first-order valence-electron chi connectivity index (χ1n) is 13.3. The van der Waals surface area contributed by atoms with E-state index in [2.05, 4.69) is 92.5 Å². The van der Waals surface area contributed by atoms with Gasteiger partial charge in [-0.3, -0.25) is 0 Å². The Kier molecular flexibility index (Phi) is 7.03. The number of fused-ring (bicyclic) bond motifs is 7. The van der Waals surface area contributed by atoms with Crippen LogP contribution in [0, 0.1) is 0 Å². The Hall–Kier alpha value is -4.00. The zero-order chi connectivity index (χ0) is 27.8. The Balaban J connectivity index is 1.38. The molecule has 1 heterocycles. The molecule has 0 atom stereocenters. The smallest absolute Gasteiger partial charge is 0.230 e. The van der Waals surface area contributed by atoms with Crippen LogP contribution in [0.15, 0.2) is 118 Å². The van der Waals surface area contributed by atoms with E-state index in [9.17, 15) is 0 Å². The molecule has 0 fully saturated rings. The minimum absolute atomic E-state index is 0.124. The Morgan fingerprint density at radius 3 is 1.41 bits per heavy atom. The molecule has 0 N–H and O–H groups in total. The first-order chi connectivity index (χ1) is 20.1. The Morgan fingerprint density at radius 2 is 0.976 bits per heavy atom. The first kappa shape index (κ1) is 25.9. The van der Waals surface area contributed by atoms with Gasteiger partial charge in [0.05, 0.1) is 8.95 Å². The van der Waals surface area contributed by atoms with E-state index >= 15 is 0 Å². The van der Waals surface area contributed by atoms with Crippen molar-refractivity contribution in [3.05, 3.63) is 129 Å². The van der Waals surface area contributed by atoms with Crippen molar-refractivity contribution in [3.8, 4) is 34.1 Å². The van der Waals surface area contributed by atoms with Crippen LogP contribution in [0.3, 0.4) is 0 Å².